The number of non-ortho nitro benzene ring substituents is 1. The number of hydrogen-bond donors (Lipinski definition) is 2. The fourth-order valence-corrected chi connectivity index (χ4v) is 11.2. The van der Waals surface area contributed by atoms with E-state index in [1.807, 2.05) is 43.3 Å². The highest BCUT2D eigenvalue weighted by atomic mass is 32.2. The number of aromatic nitrogens is 1. The normalized spacial score (nSPS) is 26.2. The first-order valence-electron chi connectivity index (χ1n) is 15.8. The van der Waals surface area contributed by atoms with Crippen molar-refractivity contribution < 1.29 is 28.8 Å². The van der Waals surface area contributed by atoms with E-state index in [2.05, 4.69) is 10.3 Å². The molecule has 49 heavy (non-hydrogen) atoms. The van der Waals surface area contributed by atoms with E-state index >= 15 is 0 Å². The molecule has 3 amide bonds. The summed E-state index contributed by atoms with van der Waals surface area (Å²) in [6.45, 7) is 1.74. The molecule has 14 heteroatoms. The lowest BCUT2D eigenvalue weighted by Crippen LogP contribution is -2.42. The van der Waals surface area contributed by atoms with Crippen molar-refractivity contribution in [2.24, 2.45) is 29.6 Å². The van der Waals surface area contributed by atoms with Gasteiger partial charge in [-0.15, -0.1) is 11.8 Å². The molecule has 4 aliphatic rings. The Morgan fingerprint density at radius 3 is 2.41 bits per heavy atom. The zero-order chi connectivity index (χ0) is 34.1. The van der Waals surface area contributed by atoms with Gasteiger partial charge < -0.3 is 19.8 Å². The third-order valence-electron chi connectivity index (χ3n) is 10.3. The zero-order valence-corrected chi connectivity index (χ0v) is 27.9. The molecule has 1 saturated heterocycles. The number of methoxy groups -OCH3 is 1. The summed E-state index contributed by atoms with van der Waals surface area (Å²) in [5.41, 5.74) is 2.84. The number of nitrogens with zero attached hydrogens (tertiary/aromatic N) is 2. The van der Waals surface area contributed by atoms with Crippen molar-refractivity contribution in [3.05, 3.63) is 103 Å². The lowest BCUT2D eigenvalue weighted by molar-refractivity contribution is -0.384. The summed E-state index contributed by atoms with van der Waals surface area (Å²) < 4.78 is 11.6. The quantitative estimate of drug-likeness (QED) is 0.140. The van der Waals surface area contributed by atoms with Crippen LogP contribution in [0.15, 0.2) is 76.6 Å². The number of fused-ring (bicyclic) bond motifs is 9. The van der Waals surface area contributed by atoms with Gasteiger partial charge in [0.2, 0.25) is 11.8 Å². The molecule has 0 radical (unpaired) electrons. The molecule has 3 aromatic carbocycles. The van der Waals surface area contributed by atoms with Crippen LogP contribution in [-0.4, -0.2) is 46.6 Å². The van der Waals surface area contributed by atoms with E-state index < -0.39 is 16.8 Å². The minimum absolute atomic E-state index is 0.0186. The van der Waals surface area contributed by atoms with Crippen molar-refractivity contribution in [2.75, 3.05) is 23.9 Å². The Labute approximate surface area is 288 Å². The Morgan fingerprint density at radius 2 is 1.71 bits per heavy atom. The van der Waals surface area contributed by atoms with Gasteiger partial charge in [-0.05, 0) is 73.1 Å². The number of benzene rings is 3. The van der Waals surface area contributed by atoms with Crippen molar-refractivity contribution in [1.82, 2.24) is 4.98 Å². The molecule has 2 aliphatic carbocycles. The van der Waals surface area contributed by atoms with Gasteiger partial charge in [0.05, 0.1) is 34.6 Å². The Kier molecular flexibility index (Phi) is 7.59. The number of carbonyl (C=O) groups is 3. The van der Waals surface area contributed by atoms with Crippen LogP contribution in [0.5, 0.6) is 11.5 Å². The Hall–Kier alpha value is -4.95. The molecule has 2 bridgehead atoms. The van der Waals surface area contributed by atoms with E-state index in [9.17, 15) is 29.3 Å². The predicted molar refractivity (Wildman–Crippen MR) is 182 cm³/mol. The van der Waals surface area contributed by atoms with Crippen LogP contribution in [0.1, 0.15) is 28.3 Å². The Bertz CT molecular complexity index is 2080. The first-order valence-corrected chi connectivity index (χ1v) is 17.5. The molecule has 2 saturated carbocycles. The number of thiazole rings is 1. The highest BCUT2D eigenvalue weighted by Crippen LogP contribution is 2.68. The summed E-state index contributed by atoms with van der Waals surface area (Å²) >= 11 is 2.74. The van der Waals surface area contributed by atoms with Gasteiger partial charge in [-0.1, -0.05) is 35.1 Å². The maximum atomic E-state index is 14.0. The van der Waals surface area contributed by atoms with Gasteiger partial charge in [-0.25, -0.2) is 0 Å². The number of nitro benzene ring substituents is 1. The number of rotatable bonds is 8. The number of nitro groups is 1. The number of hydrogen-bond acceptors (Lipinski definition) is 10. The molecular formula is C35H30N4O8S2. The fourth-order valence-electron chi connectivity index (χ4n) is 8.34. The smallest absolute Gasteiger partial charge is 0.305 e. The topological polar surface area (TPSA) is 161 Å². The minimum atomic E-state index is -0.522. The molecule has 4 aromatic rings. The Morgan fingerprint density at radius 1 is 1.00 bits per heavy atom. The molecule has 0 spiro atoms. The highest BCUT2D eigenvalue weighted by molar-refractivity contribution is 8.00. The third kappa shape index (κ3) is 5.12. The molecule has 8 rings (SSSR count). The van der Waals surface area contributed by atoms with E-state index in [0.29, 0.717) is 29.3 Å². The number of amides is 3. The van der Waals surface area contributed by atoms with E-state index in [1.165, 1.54) is 36.3 Å². The van der Waals surface area contributed by atoms with E-state index in [1.54, 1.807) is 17.8 Å². The van der Waals surface area contributed by atoms with Crippen molar-refractivity contribution in [3.8, 4) is 11.5 Å². The first kappa shape index (κ1) is 31.3. The number of carbonyl (C=O) groups excluding carboxylic acids is 3. The van der Waals surface area contributed by atoms with Gasteiger partial charge in [0.15, 0.2) is 18.1 Å². The number of anilines is 2. The van der Waals surface area contributed by atoms with Crippen LogP contribution in [0.2, 0.25) is 0 Å². The average Bonchev–Trinajstić information content (AvgIpc) is 3.83. The average molecular weight is 699 g/mol. The predicted octanol–water partition coefficient (Wildman–Crippen LogP) is 5.36. The second-order valence-corrected chi connectivity index (χ2v) is 15.1. The SMILES string of the molecule is COc1cc([C@@H]2c3sc(=O)[nH]c3S[C@@H]3[C@@H]4C[C@@H]([C@@H]5C(=O)N(c6ccc([N+](=O)[O-])cc6)C(=O)[C@@H]45)[C@H]23)ccc1OCC(=O)Nc1ccc(C)cc1. The summed E-state index contributed by atoms with van der Waals surface area (Å²) in [5, 5.41) is 14.8. The molecule has 7 atom stereocenters. The molecule has 2 aliphatic heterocycles. The van der Waals surface area contributed by atoms with Crippen molar-refractivity contribution >= 4 is 57.9 Å². The number of nitrogens with one attached hydrogen (secondary N) is 2. The van der Waals surface area contributed by atoms with Gasteiger partial charge in [0.25, 0.3) is 11.6 Å². The second-order valence-electron chi connectivity index (χ2n) is 12.9. The van der Waals surface area contributed by atoms with Crippen molar-refractivity contribution in [2.45, 2.75) is 29.5 Å². The Balaban J connectivity index is 1.08. The molecule has 250 valence electrons. The minimum Gasteiger partial charge on any atom is -0.493 e. The van der Waals surface area contributed by atoms with E-state index in [-0.39, 0.29) is 63.8 Å². The zero-order valence-electron chi connectivity index (χ0n) is 26.3. The van der Waals surface area contributed by atoms with Gasteiger partial charge in [0.1, 0.15) is 0 Å². The molecule has 12 nitrogen and oxygen atoms in total. The maximum Gasteiger partial charge on any atom is 0.305 e. The van der Waals surface area contributed by atoms with E-state index in [0.717, 1.165) is 32.4 Å². The fraction of sp³-hybridized carbons (Fsp3) is 0.314. The molecule has 3 fully saturated rings. The third-order valence-corrected chi connectivity index (χ3v) is 12.9. The summed E-state index contributed by atoms with van der Waals surface area (Å²) in [6.07, 6.45) is 0.716. The number of ether oxygens (including phenoxy) is 2. The summed E-state index contributed by atoms with van der Waals surface area (Å²) in [5.74, 6) is -1.56. The van der Waals surface area contributed by atoms with Gasteiger partial charge >= 0.3 is 4.87 Å². The number of thioether (sulfide) groups is 1. The van der Waals surface area contributed by atoms with Crippen LogP contribution in [0.25, 0.3) is 0 Å². The summed E-state index contributed by atoms with van der Waals surface area (Å²) in [4.78, 5) is 68.8. The van der Waals surface area contributed by atoms with Gasteiger partial charge in [-0.2, -0.15) is 0 Å². The van der Waals surface area contributed by atoms with Gasteiger partial charge in [0, 0.05) is 33.9 Å². The maximum absolute atomic E-state index is 14.0. The molecule has 0 unspecified atom stereocenters. The largest absolute Gasteiger partial charge is 0.493 e. The second kappa shape index (κ2) is 11.9. The lowest BCUT2D eigenvalue weighted by Gasteiger charge is -2.43. The van der Waals surface area contributed by atoms with Crippen molar-refractivity contribution in [3.63, 3.8) is 0 Å². The van der Waals surface area contributed by atoms with Crippen LogP contribution >= 0.6 is 23.1 Å². The number of imide groups is 1. The molecule has 2 N–H and O–H groups in total. The molecule has 3 heterocycles. The first-order chi connectivity index (χ1) is 23.6. The van der Waals surface area contributed by atoms with Crippen LogP contribution in [0, 0.1) is 46.6 Å². The standard InChI is InChI=1S/C35H30N4O8S2/c1-16-3-6-18(7-4-16)36-25(40)15-47-23-12-5-17(13-24(23)46-2)26-27-21-14-22(30(27)48-32-31(26)49-35(43)37-32)29-28(21)33(41)38(34(29)42)19-8-10-20(11-9-19)39(44)45/h3-13,21-22,26-30H,14-15H2,1-2H3,(H,36,40)(H,37,43)/t21-,22-,26+,27-,28+,29+,30-/m1/s1. The monoisotopic (exact) mass is 698 g/mol. The van der Waals surface area contributed by atoms with Crippen LogP contribution < -0.4 is 24.6 Å². The number of H-pyrrole nitrogens is 1. The molecular weight excluding hydrogens is 669 g/mol. The highest BCUT2D eigenvalue weighted by Gasteiger charge is 2.69. The van der Waals surface area contributed by atoms with Crippen LogP contribution in [0.3, 0.4) is 0 Å². The van der Waals surface area contributed by atoms with Crippen LogP contribution in [0.4, 0.5) is 17.1 Å². The molecule has 1 aromatic heterocycles. The van der Waals surface area contributed by atoms with Gasteiger partial charge in [-0.3, -0.25) is 34.2 Å². The summed E-state index contributed by atoms with van der Waals surface area (Å²) in [6, 6.07) is 18.5. The van der Waals surface area contributed by atoms with E-state index in [4.69, 9.17) is 9.47 Å². The lowest BCUT2D eigenvalue weighted by atomic mass is 9.68. The number of aromatic amines is 1. The summed E-state index contributed by atoms with van der Waals surface area (Å²) in [7, 11) is 1.52. The van der Waals surface area contributed by atoms with Crippen molar-refractivity contribution in [1.29, 1.82) is 0 Å². The number of aryl methyl sites for hydroxylation is 1. The van der Waals surface area contributed by atoms with Crippen LogP contribution in [-0.2, 0) is 14.4 Å².